The summed E-state index contributed by atoms with van der Waals surface area (Å²) in [6, 6.07) is -1.00. The summed E-state index contributed by atoms with van der Waals surface area (Å²) in [7, 11) is -4.41. The normalized spacial score (nSPS) is 15.0. The van der Waals surface area contributed by atoms with Gasteiger partial charge in [-0.3, -0.25) is 13.8 Å². The van der Waals surface area contributed by atoms with E-state index in [0.717, 1.165) is 44.9 Å². The number of hydrogen-bond acceptors (Lipinski definition) is 7. The Bertz CT molecular complexity index is 961. The third-order valence-electron chi connectivity index (χ3n) is 9.74. The molecule has 10 heteroatoms. The zero-order valence-electron chi connectivity index (χ0n) is 34.8. The predicted molar refractivity (Wildman–Crippen MR) is 227 cm³/mol. The van der Waals surface area contributed by atoms with Gasteiger partial charge < -0.3 is 26.2 Å². The molecule has 0 aromatic rings. The molecule has 0 rings (SSSR count). The molecule has 1 amide bonds. The maximum Gasteiger partial charge on any atom is 0.472 e. The van der Waals surface area contributed by atoms with Crippen molar-refractivity contribution in [3.05, 3.63) is 36.5 Å². The van der Waals surface area contributed by atoms with Gasteiger partial charge in [-0.15, -0.1) is 0 Å². The molecule has 0 aliphatic rings. The van der Waals surface area contributed by atoms with Crippen molar-refractivity contribution in [1.29, 1.82) is 0 Å². The summed E-state index contributed by atoms with van der Waals surface area (Å²) in [5, 5.41) is 24.0. The molecule has 0 spiro atoms. The zero-order chi connectivity index (χ0) is 39.8. The lowest BCUT2D eigenvalue weighted by atomic mass is 10.0. The van der Waals surface area contributed by atoms with Crippen LogP contribution >= 0.6 is 7.82 Å². The molecule has 0 aliphatic heterocycles. The first-order valence-electron chi connectivity index (χ1n) is 22.2. The molecule has 4 unspecified atom stereocenters. The standard InChI is InChI=1S/C44H85N2O7P/c1-3-5-7-9-11-13-15-17-18-19-20-21-22-24-25-27-29-31-33-35-41(47)39-44(49)46-42(40-53-54(50,51)52-38-37-45)43(48)36-34-32-30-28-26-23-16-14-12-10-8-6-4-2/h21-22,26,28,34,36,41-43,47-48H,3-20,23-25,27,29-33,35,37-40,45H2,1-2H3,(H,46,49)(H,50,51)/b22-21-,28-26+,36-34+. The summed E-state index contributed by atoms with van der Waals surface area (Å²) in [5.41, 5.74) is 5.36. The molecule has 318 valence electrons. The first-order chi connectivity index (χ1) is 26.3. The minimum absolute atomic E-state index is 0.0433. The molecular weight excluding hydrogens is 699 g/mol. The van der Waals surface area contributed by atoms with E-state index in [1.54, 1.807) is 6.08 Å². The molecule has 54 heavy (non-hydrogen) atoms. The van der Waals surface area contributed by atoms with E-state index in [2.05, 4.69) is 43.5 Å². The fourth-order valence-electron chi connectivity index (χ4n) is 6.36. The highest BCUT2D eigenvalue weighted by atomic mass is 31.2. The number of aliphatic hydroxyl groups is 2. The Morgan fingerprint density at radius 3 is 1.54 bits per heavy atom. The summed E-state index contributed by atoms with van der Waals surface area (Å²) < 4.78 is 22.0. The third kappa shape index (κ3) is 37.6. The van der Waals surface area contributed by atoms with Crippen LogP contribution < -0.4 is 11.1 Å². The Balaban J connectivity index is 4.31. The Morgan fingerprint density at radius 1 is 0.630 bits per heavy atom. The van der Waals surface area contributed by atoms with Crippen molar-refractivity contribution in [2.24, 2.45) is 5.73 Å². The highest BCUT2D eigenvalue weighted by molar-refractivity contribution is 7.47. The van der Waals surface area contributed by atoms with Gasteiger partial charge in [-0.05, 0) is 57.8 Å². The van der Waals surface area contributed by atoms with Crippen LogP contribution in [0, 0.1) is 0 Å². The fraction of sp³-hybridized carbons (Fsp3) is 0.841. The number of aliphatic hydroxyl groups excluding tert-OH is 2. The second kappa shape index (κ2) is 39.9. The molecule has 0 radical (unpaired) electrons. The minimum Gasteiger partial charge on any atom is -0.393 e. The Kier molecular flexibility index (Phi) is 38.9. The number of rotatable bonds is 41. The van der Waals surface area contributed by atoms with Crippen LogP contribution in [0.25, 0.3) is 0 Å². The summed E-state index contributed by atoms with van der Waals surface area (Å²) in [5.74, 6) is -0.461. The highest BCUT2D eigenvalue weighted by Crippen LogP contribution is 2.43. The van der Waals surface area contributed by atoms with Crippen molar-refractivity contribution in [1.82, 2.24) is 5.32 Å². The van der Waals surface area contributed by atoms with E-state index in [1.807, 2.05) is 6.08 Å². The number of nitrogens with one attached hydrogen (secondary N) is 1. The zero-order valence-corrected chi connectivity index (χ0v) is 35.7. The van der Waals surface area contributed by atoms with Crippen molar-refractivity contribution >= 4 is 13.7 Å². The quantitative estimate of drug-likeness (QED) is 0.0233. The lowest BCUT2D eigenvalue weighted by Crippen LogP contribution is -2.46. The number of unbranched alkanes of at least 4 members (excludes halogenated alkanes) is 23. The van der Waals surface area contributed by atoms with E-state index < -0.39 is 38.6 Å². The second-order valence-electron chi connectivity index (χ2n) is 15.1. The molecule has 4 atom stereocenters. The SMILES string of the molecule is CCCCCCCCC/C=C/CC/C=C/C(O)C(COP(=O)(O)OCCN)NC(=O)CC(O)CCCCCCC/C=C\CCCCCCCCCCCC. The van der Waals surface area contributed by atoms with Gasteiger partial charge in [0, 0.05) is 6.54 Å². The van der Waals surface area contributed by atoms with Gasteiger partial charge >= 0.3 is 7.82 Å². The number of carbonyl (C=O) groups is 1. The van der Waals surface area contributed by atoms with Crippen LogP contribution in [0.15, 0.2) is 36.5 Å². The van der Waals surface area contributed by atoms with Gasteiger partial charge in [-0.2, -0.15) is 0 Å². The van der Waals surface area contributed by atoms with Crippen LogP contribution in [0.1, 0.15) is 200 Å². The number of amides is 1. The van der Waals surface area contributed by atoms with E-state index >= 15 is 0 Å². The molecule has 0 aromatic heterocycles. The molecule has 0 saturated heterocycles. The molecule has 0 aliphatic carbocycles. The van der Waals surface area contributed by atoms with E-state index in [1.165, 1.54) is 122 Å². The van der Waals surface area contributed by atoms with Crippen molar-refractivity contribution in [2.75, 3.05) is 19.8 Å². The van der Waals surface area contributed by atoms with Crippen LogP contribution in [-0.2, 0) is 18.4 Å². The number of phosphoric acid groups is 1. The largest absolute Gasteiger partial charge is 0.472 e. The summed E-state index contributed by atoms with van der Waals surface area (Å²) >= 11 is 0. The molecule has 0 fully saturated rings. The average molecular weight is 785 g/mol. The van der Waals surface area contributed by atoms with Gasteiger partial charge in [-0.25, -0.2) is 4.57 Å². The van der Waals surface area contributed by atoms with Gasteiger partial charge in [0.05, 0.1) is 37.9 Å². The summed E-state index contributed by atoms with van der Waals surface area (Å²) in [6.45, 7) is 3.94. The summed E-state index contributed by atoms with van der Waals surface area (Å²) in [4.78, 5) is 22.7. The number of phosphoric ester groups is 1. The third-order valence-corrected chi connectivity index (χ3v) is 10.7. The molecule has 6 N–H and O–H groups in total. The molecule has 0 bridgehead atoms. The summed E-state index contributed by atoms with van der Waals surface area (Å²) in [6.07, 6.45) is 43.8. The molecule has 0 heterocycles. The van der Waals surface area contributed by atoms with E-state index in [-0.39, 0.29) is 19.6 Å². The average Bonchev–Trinajstić information content (AvgIpc) is 3.15. The predicted octanol–water partition coefficient (Wildman–Crippen LogP) is 11.3. The highest BCUT2D eigenvalue weighted by Gasteiger charge is 2.27. The maximum atomic E-state index is 12.8. The lowest BCUT2D eigenvalue weighted by molar-refractivity contribution is -0.124. The minimum atomic E-state index is -4.41. The van der Waals surface area contributed by atoms with E-state index in [9.17, 15) is 24.5 Å². The van der Waals surface area contributed by atoms with Gasteiger partial charge in [0.15, 0.2) is 0 Å². The molecule has 0 aromatic carbocycles. The maximum absolute atomic E-state index is 12.8. The topological polar surface area (TPSA) is 151 Å². The van der Waals surface area contributed by atoms with Crippen molar-refractivity contribution < 1.29 is 33.5 Å². The number of hydrogen-bond donors (Lipinski definition) is 5. The Hall–Kier alpha value is -1.32. The van der Waals surface area contributed by atoms with Crippen LogP contribution in [0.5, 0.6) is 0 Å². The smallest absolute Gasteiger partial charge is 0.393 e. The van der Waals surface area contributed by atoms with Crippen molar-refractivity contribution in [3.63, 3.8) is 0 Å². The van der Waals surface area contributed by atoms with Gasteiger partial charge in [0.2, 0.25) is 5.91 Å². The first kappa shape index (κ1) is 52.7. The van der Waals surface area contributed by atoms with E-state index in [0.29, 0.717) is 12.8 Å². The molecular formula is C44H85N2O7P. The van der Waals surface area contributed by atoms with Gasteiger partial charge in [-0.1, -0.05) is 172 Å². The molecule has 0 saturated carbocycles. The van der Waals surface area contributed by atoms with Crippen LogP contribution in [0.2, 0.25) is 0 Å². The van der Waals surface area contributed by atoms with Crippen molar-refractivity contribution in [3.8, 4) is 0 Å². The Morgan fingerprint density at radius 2 is 1.06 bits per heavy atom. The van der Waals surface area contributed by atoms with Crippen LogP contribution in [0.4, 0.5) is 0 Å². The van der Waals surface area contributed by atoms with E-state index in [4.69, 9.17) is 14.8 Å². The number of carbonyl (C=O) groups excluding carboxylic acids is 1. The monoisotopic (exact) mass is 785 g/mol. The van der Waals surface area contributed by atoms with Crippen LogP contribution in [0.3, 0.4) is 0 Å². The van der Waals surface area contributed by atoms with Gasteiger partial charge in [0.1, 0.15) is 0 Å². The fourth-order valence-corrected chi connectivity index (χ4v) is 7.12. The number of nitrogens with two attached hydrogens (primary N) is 1. The Labute approximate surface area is 332 Å². The lowest BCUT2D eigenvalue weighted by Gasteiger charge is -2.24. The second-order valence-corrected chi connectivity index (χ2v) is 16.5. The van der Waals surface area contributed by atoms with Crippen molar-refractivity contribution in [2.45, 2.75) is 218 Å². The van der Waals surface area contributed by atoms with Gasteiger partial charge in [0.25, 0.3) is 0 Å². The van der Waals surface area contributed by atoms with Crippen LogP contribution in [-0.4, -0.2) is 59.0 Å². The first-order valence-corrected chi connectivity index (χ1v) is 23.7. The molecule has 9 nitrogen and oxygen atoms in total. The number of allylic oxidation sites excluding steroid dienone is 5.